The summed E-state index contributed by atoms with van der Waals surface area (Å²) in [5.74, 6) is 0.757. The number of nitriles is 1. The van der Waals surface area contributed by atoms with Crippen LogP contribution in [0.25, 0.3) is 0 Å². The number of pyridine rings is 1. The molecule has 1 N–H and O–H groups in total. The van der Waals surface area contributed by atoms with Crippen LogP contribution in [0, 0.1) is 17.2 Å². The summed E-state index contributed by atoms with van der Waals surface area (Å²) in [5.41, 5.74) is 1.70. The summed E-state index contributed by atoms with van der Waals surface area (Å²) < 4.78 is 0. The molecule has 1 saturated heterocycles. The lowest BCUT2D eigenvalue weighted by Gasteiger charge is -2.30. The molecule has 1 fully saturated rings. The maximum atomic E-state index is 8.93. The number of aromatic nitrogens is 1. The second-order valence-electron chi connectivity index (χ2n) is 5.61. The van der Waals surface area contributed by atoms with Crippen LogP contribution >= 0.6 is 0 Å². The molecule has 1 atom stereocenters. The van der Waals surface area contributed by atoms with Crippen molar-refractivity contribution in [2.24, 2.45) is 5.92 Å². The van der Waals surface area contributed by atoms with Crippen molar-refractivity contribution in [3.63, 3.8) is 0 Å². The van der Waals surface area contributed by atoms with Crippen LogP contribution in [0.15, 0.2) is 18.3 Å². The predicted molar refractivity (Wildman–Crippen MR) is 80.1 cm³/mol. The van der Waals surface area contributed by atoms with E-state index in [0.717, 1.165) is 38.5 Å². The molecule has 2 rings (SSSR count). The van der Waals surface area contributed by atoms with Gasteiger partial charge in [0.2, 0.25) is 0 Å². The smallest absolute Gasteiger partial charge is 0.140 e. The minimum absolute atomic E-state index is 0.512. The van der Waals surface area contributed by atoms with E-state index in [4.69, 9.17) is 5.26 Å². The van der Waals surface area contributed by atoms with Crippen LogP contribution in [0.3, 0.4) is 0 Å². The van der Waals surface area contributed by atoms with Gasteiger partial charge in [-0.2, -0.15) is 5.26 Å². The van der Waals surface area contributed by atoms with E-state index in [0.29, 0.717) is 5.69 Å². The maximum absolute atomic E-state index is 8.93. The Morgan fingerprint density at radius 3 is 3.15 bits per heavy atom. The molecule has 1 aromatic rings. The van der Waals surface area contributed by atoms with Crippen LogP contribution in [0.2, 0.25) is 0 Å². The van der Waals surface area contributed by atoms with Gasteiger partial charge in [0.1, 0.15) is 11.8 Å². The largest absolute Gasteiger partial charge is 0.316 e. The summed E-state index contributed by atoms with van der Waals surface area (Å²) in [4.78, 5) is 6.55. The van der Waals surface area contributed by atoms with Gasteiger partial charge in [0, 0.05) is 19.3 Å². The molecular weight excluding hydrogens is 248 g/mol. The van der Waals surface area contributed by atoms with Gasteiger partial charge in [0.05, 0.1) is 0 Å². The number of nitrogens with zero attached hydrogens (tertiary/aromatic N) is 3. The average molecular weight is 272 g/mol. The predicted octanol–water partition coefficient (Wildman–Crippen LogP) is 2.16. The third-order valence-electron chi connectivity index (χ3n) is 3.80. The highest BCUT2D eigenvalue weighted by Crippen LogP contribution is 2.14. The number of rotatable bonds is 6. The zero-order valence-electron chi connectivity index (χ0n) is 12.3. The number of hydrogen-bond donors (Lipinski definition) is 1. The zero-order valence-corrected chi connectivity index (χ0v) is 12.3. The molecule has 0 bridgehead atoms. The Hall–Kier alpha value is -1.44. The van der Waals surface area contributed by atoms with Gasteiger partial charge in [-0.3, -0.25) is 4.90 Å². The third-order valence-corrected chi connectivity index (χ3v) is 3.80. The molecule has 1 unspecified atom stereocenters. The van der Waals surface area contributed by atoms with Crippen molar-refractivity contribution in [1.29, 1.82) is 5.26 Å². The van der Waals surface area contributed by atoms with E-state index >= 15 is 0 Å². The van der Waals surface area contributed by atoms with Crippen LogP contribution in [0.1, 0.15) is 37.4 Å². The van der Waals surface area contributed by atoms with Crippen molar-refractivity contribution < 1.29 is 0 Å². The second-order valence-corrected chi connectivity index (χ2v) is 5.61. The molecule has 1 aliphatic heterocycles. The van der Waals surface area contributed by atoms with Gasteiger partial charge in [-0.25, -0.2) is 4.98 Å². The van der Waals surface area contributed by atoms with Crippen LogP contribution in [0.5, 0.6) is 0 Å². The van der Waals surface area contributed by atoms with Crippen LogP contribution in [-0.2, 0) is 6.54 Å². The molecule has 1 aliphatic rings. The van der Waals surface area contributed by atoms with Gasteiger partial charge in [-0.15, -0.1) is 0 Å². The highest BCUT2D eigenvalue weighted by molar-refractivity contribution is 5.25. The summed E-state index contributed by atoms with van der Waals surface area (Å²) in [6.07, 6.45) is 5.52. The maximum Gasteiger partial charge on any atom is 0.140 e. The summed E-state index contributed by atoms with van der Waals surface area (Å²) >= 11 is 0. The Morgan fingerprint density at radius 1 is 1.55 bits per heavy atom. The van der Waals surface area contributed by atoms with Gasteiger partial charge in [0.25, 0.3) is 0 Å². The van der Waals surface area contributed by atoms with Crippen molar-refractivity contribution in [1.82, 2.24) is 15.2 Å². The quantitative estimate of drug-likeness (QED) is 0.862. The highest BCUT2D eigenvalue weighted by Gasteiger charge is 2.16. The minimum atomic E-state index is 0.512. The fraction of sp³-hybridized carbons (Fsp3) is 0.625. The van der Waals surface area contributed by atoms with Crippen molar-refractivity contribution in [2.75, 3.05) is 26.2 Å². The normalized spacial score (nSPS) is 18.9. The monoisotopic (exact) mass is 272 g/mol. The second kappa shape index (κ2) is 7.98. The number of nitrogens with one attached hydrogen (secondary N) is 1. The van der Waals surface area contributed by atoms with E-state index in [1.807, 2.05) is 12.1 Å². The van der Waals surface area contributed by atoms with Crippen LogP contribution < -0.4 is 5.32 Å². The molecule has 4 nitrogen and oxygen atoms in total. The van der Waals surface area contributed by atoms with E-state index < -0.39 is 0 Å². The number of hydrogen-bond acceptors (Lipinski definition) is 4. The van der Waals surface area contributed by atoms with Crippen molar-refractivity contribution in [2.45, 2.75) is 32.7 Å². The molecule has 2 heterocycles. The van der Waals surface area contributed by atoms with Crippen LogP contribution in [0.4, 0.5) is 0 Å². The van der Waals surface area contributed by atoms with Gasteiger partial charge < -0.3 is 5.32 Å². The Morgan fingerprint density at radius 2 is 2.45 bits per heavy atom. The summed E-state index contributed by atoms with van der Waals surface area (Å²) in [5, 5.41) is 12.4. The lowest BCUT2D eigenvalue weighted by molar-refractivity contribution is 0.201. The lowest BCUT2D eigenvalue weighted by atomic mass is 9.99. The first kappa shape index (κ1) is 15.0. The molecule has 20 heavy (non-hydrogen) atoms. The molecule has 0 spiro atoms. The molecule has 0 amide bonds. The molecule has 0 aliphatic carbocycles. The summed E-state index contributed by atoms with van der Waals surface area (Å²) in [6, 6.07) is 6.04. The molecule has 0 radical (unpaired) electrons. The first-order chi connectivity index (χ1) is 9.81. The van der Waals surface area contributed by atoms with Gasteiger partial charge >= 0.3 is 0 Å². The van der Waals surface area contributed by atoms with Gasteiger partial charge in [0.15, 0.2) is 0 Å². The SMILES string of the molecule is CCCN(Cc1ccnc(C#N)c1)CC1CCCNC1. The topological polar surface area (TPSA) is 52.0 Å². The summed E-state index contributed by atoms with van der Waals surface area (Å²) in [7, 11) is 0. The van der Waals surface area contributed by atoms with E-state index in [2.05, 4.69) is 28.2 Å². The minimum Gasteiger partial charge on any atom is -0.316 e. The van der Waals surface area contributed by atoms with Gasteiger partial charge in [-0.1, -0.05) is 6.92 Å². The van der Waals surface area contributed by atoms with Gasteiger partial charge in [-0.05, 0) is 62.5 Å². The first-order valence-electron chi connectivity index (χ1n) is 7.60. The standard InChI is InChI=1S/C16H24N4/c1-2-8-20(13-15-4-3-6-18-11-15)12-14-5-7-19-16(9-14)10-17/h5,7,9,15,18H,2-4,6,8,11-13H2,1H3. The molecule has 0 saturated carbocycles. The molecular formula is C16H24N4. The average Bonchev–Trinajstić information content (AvgIpc) is 2.49. The van der Waals surface area contributed by atoms with E-state index in [-0.39, 0.29) is 0 Å². The lowest BCUT2D eigenvalue weighted by Crippen LogP contribution is -2.38. The fourth-order valence-corrected chi connectivity index (χ4v) is 2.89. The Balaban J connectivity index is 1.95. The molecule has 0 aromatic carbocycles. The van der Waals surface area contributed by atoms with Crippen molar-refractivity contribution >= 4 is 0 Å². The third kappa shape index (κ3) is 4.59. The fourth-order valence-electron chi connectivity index (χ4n) is 2.89. The Bertz CT molecular complexity index is 446. The Kier molecular flexibility index (Phi) is 5.97. The van der Waals surface area contributed by atoms with E-state index in [1.54, 1.807) is 6.20 Å². The van der Waals surface area contributed by atoms with Crippen molar-refractivity contribution in [3.8, 4) is 6.07 Å². The zero-order chi connectivity index (χ0) is 14.2. The number of piperidine rings is 1. The van der Waals surface area contributed by atoms with E-state index in [1.165, 1.54) is 24.9 Å². The first-order valence-corrected chi connectivity index (χ1v) is 7.60. The van der Waals surface area contributed by atoms with Crippen molar-refractivity contribution in [3.05, 3.63) is 29.6 Å². The highest BCUT2D eigenvalue weighted by atomic mass is 15.1. The molecule has 1 aromatic heterocycles. The van der Waals surface area contributed by atoms with Crippen LogP contribution in [-0.4, -0.2) is 36.1 Å². The van der Waals surface area contributed by atoms with E-state index in [9.17, 15) is 0 Å². The summed E-state index contributed by atoms with van der Waals surface area (Å²) in [6.45, 7) is 7.70. The molecule has 4 heteroatoms. The molecule has 108 valence electrons. The Labute approximate surface area is 121 Å².